The summed E-state index contributed by atoms with van der Waals surface area (Å²) >= 11 is 0. The van der Waals surface area contributed by atoms with E-state index >= 15 is 0 Å². The number of benzene rings is 2. The van der Waals surface area contributed by atoms with E-state index in [-0.39, 0.29) is 24.0 Å². The number of halogens is 1. The Morgan fingerprint density at radius 1 is 1.18 bits per heavy atom. The molecule has 0 fully saturated rings. The van der Waals surface area contributed by atoms with Gasteiger partial charge < -0.3 is 21.1 Å². The Morgan fingerprint density at radius 2 is 2.04 bits per heavy atom. The number of nitrogens with zero attached hydrogens (tertiary/aromatic N) is 1. The lowest BCUT2D eigenvalue weighted by molar-refractivity contribution is 0.1000. The summed E-state index contributed by atoms with van der Waals surface area (Å²) in [7, 11) is 0. The van der Waals surface area contributed by atoms with Crippen molar-refractivity contribution in [3.8, 4) is 5.75 Å². The first-order valence-electron chi connectivity index (χ1n) is 9.31. The molecule has 4 N–H and O–H groups in total. The van der Waals surface area contributed by atoms with Crippen molar-refractivity contribution in [3.63, 3.8) is 0 Å². The molecule has 7 heteroatoms. The standard InChI is InChI=1S/C21H26N4O2.HI/c1-2-23-21(25-14-16-4-3-5-18(13-16)20(22)26)24-10-8-15-6-7-19-17(12-15)9-11-27-19;/h3-7,12-13H,2,8-11,14H2,1H3,(H2,22,26)(H2,23,24,25);1H. The van der Waals surface area contributed by atoms with Crippen LogP contribution in [-0.2, 0) is 19.4 Å². The molecule has 3 rings (SSSR count). The average Bonchev–Trinajstić information content (AvgIpc) is 3.14. The predicted octanol–water partition coefficient (Wildman–Crippen LogP) is 2.64. The van der Waals surface area contributed by atoms with Crippen LogP contribution in [0, 0.1) is 0 Å². The van der Waals surface area contributed by atoms with Gasteiger partial charge in [0, 0.05) is 25.1 Å². The van der Waals surface area contributed by atoms with Crippen molar-refractivity contribution >= 4 is 35.8 Å². The number of fused-ring (bicyclic) bond motifs is 1. The van der Waals surface area contributed by atoms with Gasteiger partial charge in [0.15, 0.2) is 5.96 Å². The van der Waals surface area contributed by atoms with Gasteiger partial charge in [-0.15, -0.1) is 24.0 Å². The van der Waals surface area contributed by atoms with Crippen molar-refractivity contribution in [3.05, 3.63) is 64.7 Å². The molecule has 28 heavy (non-hydrogen) atoms. The summed E-state index contributed by atoms with van der Waals surface area (Å²) in [6, 6.07) is 13.6. The van der Waals surface area contributed by atoms with Gasteiger partial charge in [-0.2, -0.15) is 0 Å². The number of rotatable bonds is 7. The molecule has 0 atom stereocenters. The number of ether oxygens (including phenoxy) is 1. The number of nitrogens with two attached hydrogens (primary N) is 1. The van der Waals surface area contributed by atoms with Crippen LogP contribution < -0.4 is 21.1 Å². The van der Waals surface area contributed by atoms with Crippen molar-refractivity contribution < 1.29 is 9.53 Å². The molecule has 2 aromatic carbocycles. The highest BCUT2D eigenvalue weighted by atomic mass is 127. The van der Waals surface area contributed by atoms with Gasteiger partial charge in [0.25, 0.3) is 0 Å². The molecule has 0 saturated heterocycles. The van der Waals surface area contributed by atoms with Crippen molar-refractivity contribution in [2.24, 2.45) is 10.7 Å². The van der Waals surface area contributed by atoms with Crippen LogP contribution in [0.2, 0.25) is 0 Å². The van der Waals surface area contributed by atoms with E-state index < -0.39 is 5.91 Å². The number of nitrogens with one attached hydrogen (secondary N) is 2. The molecule has 0 saturated carbocycles. The van der Waals surface area contributed by atoms with Gasteiger partial charge in [-0.25, -0.2) is 4.99 Å². The highest BCUT2D eigenvalue weighted by Crippen LogP contribution is 2.25. The van der Waals surface area contributed by atoms with Crippen LogP contribution in [-0.4, -0.2) is 31.6 Å². The molecular formula is C21H27IN4O2. The van der Waals surface area contributed by atoms with Crippen LogP contribution in [0.5, 0.6) is 5.75 Å². The number of hydrogen-bond acceptors (Lipinski definition) is 3. The number of aliphatic imine (C=N–C) groups is 1. The highest BCUT2D eigenvalue weighted by molar-refractivity contribution is 14.0. The van der Waals surface area contributed by atoms with Crippen molar-refractivity contribution in [2.75, 3.05) is 19.7 Å². The Hall–Kier alpha value is -2.29. The van der Waals surface area contributed by atoms with Crippen LogP contribution >= 0.6 is 24.0 Å². The SMILES string of the molecule is CCNC(=NCc1cccc(C(N)=O)c1)NCCc1ccc2c(c1)CCO2.I. The molecule has 150 valence electrons. The van der Waals surface area contributed by atoms with E-state index in [2.05, 4.69) is 33.8 Å². The van der Waals surface area contributed by atoms with Crippen LogP contribution in [0.1, 0.15) is 34.0 Å². The van der Waals surface area contributed by atoms with Crippen molar-refractivity contribution in [1.29, 1.82) is 0 Å². The van der Waals surface area contributed by atoms with Crippen LogP contribution in [0.4, 0.5) is 0 Å². The van der Waals surface area contributed by atoms with Crippen molar-refractivity contribution in [1.82, 2.24) is 10.6 Å². The maximum atomic E-state index is 11.3. The van der Waals surface area contributed by atoms with Gasteiger partial charge in [0.2, 0.25) is 5.91 Å². The molecule has 0 aromatic heterocycles. The zero-order valence-corrected chi connectivity index (χ0v) is 18.4. The van der Waals surface area contributed by atoms with Crippen LogP contribution in [0.25, 0.3) is 0 Å². The number of carbonyl (C=O) groups is 1. The van der Waals surface area contributed by atoms with Gasteiger partial charge >= 0.3 is 0 Å². The number of hydrogen-bond donors (Lipinski definition) is 3. The average molecular weight is 494 g/mol. The second-order valence-corrected chi connectivity index (χ2v) is 6.48. The van der Waals surface area contributed by atoms with E-state index in [1.165, 1.54) is 11.1 Å². The van der Waals surface area contributed by atoms with E-state index in [9.17, 15) is 4.79 Å². The molecular weight excluding hydrogens is 467 g/mol. The third kappa shape index (κ3) is 6.12. The lowest BCUT2D eigenvalue weighted by atomic mass is 10.1. The van der Waals surface area contributed by atoms with E-state index in [1.807, 2.05) is 19.1 Å². The topological polar surface area (TPSA) is 88.7 Å². The molecule has 1 aliphatic rings. The Labute approximate surface area is 183 Å². The molecule has 0 unspecified atom stereocenters. The second kappa shape index (κ2) is 10.9. The first kappa shape index (κ1) is 22.0. The fourth-order valence-corrected chi connectivity index (χ4v) is 3.06. The van der Waals surface area contributed by atoms with E-state index in [0.29, 0.717) is 12.1 Å². The molecule has 0 radical (unpaired) electrons. The van der Waals surface area contributed by atoms with E-state index in [1.54, 1.807) is 12.1 Å². The number of amides is 1. The van der Waals surface area contributed by atoms with E-state index in [4.69, 9.17) is 10.5 Å². The molecule has 0 aliphatic carbocycles. The first-order chi connectivity index (χ1) is 13.2. The Kier molecular flexibility index (Phi) is 8.56. The molecule has 0 bridgehead atoms. The quantitative estimate of drug-likeness (QED) is 0.314. The summed E-state index contributed by atoms with van der Waals surface area (Å²) < 4.78 is 5.55. The summed E-state index contributed by atoms with van der Waals surface area (Å²) in [6.07, 6.45) is 1.90. The van der Waals surface area contributed by atoms with Gasteiger partial charge in [-0.05, 0) is 48.2 Å². The lowest BCUT2D eigenvalue weighted by Crippen LogP contribution is -2.38. The maximum Gasteiger partial charge on any atom is 0.248 e. The summed E-state index contributed by atoms with van der Waals surface area (Å²) in [5, 5.41) is 6.61. The van der Waals surface area contributed by atoms with Gasteiger partial charge in [0.1, 0.15) is 5.75 Å². The van der Waals surface area contributed by atoms with Crippen molar-refractivity contribution in [2.45, 2.75) is 26.3 Å². The predicted molar refractivity (Wildman–Crippen MR) is 123 cm³/mol. The molecule has 1 heterocycles. The zero-order valence-electron chi connectivity index (χ0n) is 16.0. The summed E-state index contributed by atoms with van der Waals surface area (Å²) in [4.78, 5) is 15.9. The Bertz CT molecular complexity index is 839. The van der Waals surface area contributed by atoms with Gasteiger partial charge in [0.05, 0.1) is 13.2 Å². The molecule has 2 aromatic rings. The third-order valence-corrected chi connectivity index (χ3v) is 4.44. The minimum atomic E-state index is -0.425. The van der Waals surface area contributed by atoms with Crippen LogP contribution in [0.15, 0.2) is 47.5 Å². The number of carbonyl (C=O) groups excluding carboxylic acids is 1. The van der Waals surface area contributed by atoms with Gasteiger partial charge in [-0.1, -0.05) is 24.3 Å². The summed E-state index contributed by atoms with van der Waals surface area (Å²) in [6.45, 7) is 4.86. The summed E-state index contributed by atoms with van der Waals surface area (Å²) in [5.74, 6) is 1.34. The second-order valence-electron chi connectivity index (χ2n) is 6.48. The zero-order chi connectivity index (χ0) is 19.1. The fourth-order valence-electron chi connectivity index (χ4n) is 3.06. The highest BCUT2D eigenvalue weighted by Gasteiger charge is 2.11. The molecule has 6 nitrogen and oxygen atoms in total. The first-order valence-corrected chi connectivity index (χ1v) is 9.31. The molecule has 1 aliphatic heterocycles. The van der Waals surface area contributed by atoms with E-state index in [0.717, 1.165) is 49.8 Å². The number of guanidine groups is 1. The fraction of sp³-hybridized carbons (Fsp3) is 0.333. The smallest absolute Gasteiger partial charge is 0.248 e. The normalized spacial score (nSPS) is 12.5. The monoisotopic (exact) mass is 494 g/mol. The lowest BCUT2D eigenvalue weighted by Gasteiger charge is -2.12. The maximum absolute atomic E-state index is 11.3. The van der Waals surface area contributed by atoms with Gasteiger partial charge in [-0.3, -0.25) is 4.79 Å². The Balaban J connectivity index is 0.00000280. The Morgan fingerprint density at radius 3 is 2.82 bits per heavy atom. The molecule has 1 amide bonds. The largest absolute Gasteiger partial charge is 0.493 e. The molecule has 0 spiro atoms. The van der Waals surface area contributed by atoms with Crippen LogP contribution in [0.3, 0.4) is 0 Å². The number of primary amides is 1. The minimum absolute atomic E-state index is 0. The summed E-state index contributed by atoms with van der Waals surface area (Å²) in [5.41, 5.74) is 9.36. The minimum Gasteiger partial charge on any atom is -0.493 e. The third-order valence-electron chi connectivity index (χ3n) is 4.44.